The summed E-state index contributed by atoms with van der Waals surface area (Å²) in [5.41, 5.74) is 6.41. The van der Waals surface area contributed by atoms with Crippen molar-refractivity contribution < 1.29 is 0 Å². The molecule has 0 aromatic rings. The molecule has 0 spiro atoms. The molecule has 0 aliphatic rings. The maximum absolute atomic E-state index is 6.42. The fourth-order valence-electron chi connectivity index (χ4n) is 2.01. The van der Waals surface area contributed by atoms with Crippen molar-refractivity contribution in [1.82, 2.24) is 9.80 Å². The topological polar surface area (TPSA) is 32.5 Å². The molecule has 0 aromatic heterocycles. The molecule has 0 saturated carbocycles. The van der Waals surface area contributed by atoms with Gasteiger partial charge in [0.15, 0.2) is 0 Å². The van der Waals surface area contributed by atoms with E-state index in [1.165, 1.54) is 0 Å². The third kappa shape index (κ3) is 7.74. The van der Waals surface area contributed by atoms with E-state index in [-0.39, 0.29) is 5.54 Å². The summed E-state index contributed by atoms with van der Waals surface area (Å²) < 4.78 is 0. The van der Waals surface area contributed by atoms with Gasteiger partial charge in [0.05, 0.1) is 0 Å². The van der Waals surface area contributed by atoms with E-state index >= 15 is 0 Å². The Morgan fingerprint density at radius 2 is 1.59 bits per heavy atom. The third-order valence-electron chi connectivity index (χ3n) is 3.43. The van der Waals surface area contributed by atoms with Gasteiger partial charge in [0.25, 0.3) is 0 Å². The van der Waals surface area contributed by atoms with Crippen LogP contribution in [0.25, 0.3) is 0 Å². The van der Waals surface area contributed by atoms with Gasteiger partial charge in [-0.25, -0.2) is 0 Å². The zero-order chi connectivity index (χ0) is 13.5. The van der Waals surface area contributed by atoms with Crippen LogP contribution in [0.2, 0.25) is 0 Å². The molecule has 0 unspecified atom stereocenters. The molecule has 2 N–H and O–H groups in total. The summed E-state index contributed by atoms with van der Waals surface area (Å²) in [6.45, 7) is 13.3. The first-order chi connectivity index (χ1) is 7.83. The highest BCUT2D eigenvalue weighted by atomic mass is 15.2. The predicted molar refractivity (Wildman–Crippen MR) is 77.3 cm³/mol. The Bertz CT molecular complexity index is 186. The van der Waals surface area contributed by atoms with Crippen LogP contribution in [0.3, 0.4) is 0 Å². The van der Waals surface area contributed by atoms with Crippen molar-refractivity contribution in [2.24, 2.45) is 11.7 Å². The lowest BCUT2D eigenvalue weighted by Gasteiger charge is -2.35. The van der Waals surface area contributed by atoms with E-state index in [0.717, 1.165) is 39.0 Å². The Hall–Kier alpha value is -0.120. The first-order valence-electron chi connectivity index (χ1n) is 6.99. The van der Waals surface area contributed by atoms with E-state index in [1.54, 1.807) is 0 Å². The van der Waals surface area contributed by atoms with Crippen molar-refractivity contribution in [2.45, 2.75) is 46.1 Å². The lowest BCUT2D eigenvalue weighted by Crippen LogP contribution is -2.51. The van der Waals surface area contributed by atoms with Crippen molar-refractivity contribution in [3.05, 3.63) is 0 Å². The van der Waals surface area contributed by atoms with Crippen molar-refractivity contribution in [2.75, 3.05) is 40.3 Å². The number of rotatable bonds is 9. The second kappa shape index (κ2) is 8.06. The fourth-order valence-corrected chi connectivity index (χ4v) is 2.01. The van der Waals surface area contributed by atoms with Gasteiger partial charge >= 0.3 is 0 Å². The molecule has 104 valence electrons. The molecule has 0 amide bonds. The second-order valence-electron chi connectivity index (χ2n) is 6.00. The van der Waals surface area contributed by atoms with Gasteiger partial charge in [-0.15, -0.1) is 0 Å². The number of likely N-dealkylation sites (N-methyl/N-ethyl adjacent to an activating group) is 1. The van der Waals surface area contributed by atoms with Crippen molar-refractivity contribution in [3.63, 3.8) is 0 Å². The summed E-state index contributed by atoms with van der Waals surface area (Å²) in [4.78, 5) is 4.76. The van der Waals surface area contributed by atoms with Crippen molar-refractivity contribution in [1.29, 1.82) is 0 Å². The lowest BCUT2D eigenvalue weighted by atomic mass is 9.93. The molecule has 0 saturated heterocycles. The highest BCUT2D eigenvalue weighted by Crippen LogP contribution is 2.14. The van der Waals surface area contributed by atoms with Gasteiger partial charge in [-0.2, -0.15) is 0 Å². The van der Waals surface area contributed by atoms with Crippen LogP contribution in [0.4, 0.5) is 0 Å². The predicted octanol–water partition coefficient (Wildman–Crippen LogP) is 2.02. The molecule has 0 aromatic carbocycles. The molecule has 0 atom stereocenters. The van der Waals surface area contributed by atoms with Gasteiger partial charge in [0.1, 0.15) is 0 Å². The smallest absolute Gasteiger partial charge is 0.0278 e. The Morgan fingerprint density at radius 3 is 1.94 bits per heavy atom. The SMILES string of the molecule is CCC(N)(CC)CN(CCN(C)C)CC(C)C. The van der Waals surface area contributed by atoms with E-state index in [4.69, 9.17) is 5.73 Å². The molecule has 0 aliphatic carbocycles. The molecule has 17 heavy (non-hydrogen) atoms. The molecule has 0 heterocycles. The fraction of sp³-hybridized carbons (Fsp3) is 1.00. The Balaban J connectivity index is 4.35. The van der Waals surface area contributed by atoms with Crippen molar-refractivity contribution >= 4 is 0 Å². The zero-order valence-corrected chi connectivity index (χ0v) is 12.8. The lowest BCUT2D eigenvalue weighted by molar-refractivity contribution is 0.168. The summed E-state index contributed by atoms with van der Waals surface area (Å²) in [6, 6.07) is 0. The average molecular weight is 243 g/mol. The summed E-state index contributed by atoms with van der Waals surface area (Å²) in [5, 5.41) is 0. The number of nitrogens with two attached hydrogens (primary N) is 1. The normalized spacial score (nSPS) is 13.1. The molecule has 0 fully saturated rings. The molecule has 0 radical (unpaired) electrons. The standard InChI is InChI=1S/C14H33N3/c1-7-14(15,8-2)12-17(11-13(3)4)10-9-16(5)6/h13H,7-12,15H2,1-6H3. The third-order valence-corrected chi connectivity index (χ3v) is 3.43. The van der Waals surface area contributed by atoms with Gasteiger partial charge in [0, 0.05) is 31.7 Å². The summed E-state index contributed by atoms with van der Waals surface area (Å²) in [6.07, 6.45) is 2.11. The van der Waals surface area contributed by atoms with E-state index in [0.29, 0.717) is 5.92 Å². The van der Waals surface area contributed by atoms with Crippen LogP contribution in [0.15, 0.2) is 0 Å². The molecule has 0 rings (SSSR count). The van der Waals surface area contributed by atoms with Crippen LogP contribution in [0.5, 0.6) is 0 Å². The molecular weight excluding hydrogens is 210 g/mol. The van der Waals surface area contributed by atoms with Crippen LogP contribution in [-0.4, -0.2) is 55.6 Å². The van der Waals surface area contributed by atoms with Crippen LogP contribution in [-0.2, 0) is 0 Å². The maximum atomic E-state index is 6.42. The largest absolute Gasteiger partial charge is 0.324 e. The molecule has 3 heteroatoms. The second-order valence-corrected chi connectivity index (χ2v) is 6.00. The highest BCUT2D eigenvalue weighted by molar-refractivity contribution is 4.85. The van der Waals surface area contributed by atoms with Gasteiger partial charge < -0.3 is 10.6 Å². The highest BCUT2D eigenvalue weighted by Gasteiger charge is 2.24. The van der Waals surface area contributed by atoms with E-state index in [9.17, 15) is 0 Å². The van der Waals surface area contributed by atoms with Crippen molar-refractivity contribution in [3.8, 4) is 0 Å². The Kier molecular flexibility index (Phi) is 8.01. The number of nitrogens with zero attached hydrogens (tertiary/aromatic N) is 2. The van der Waals surface area contributed by atoms with Crippen LogP contribution < -0.4 is 5.73 Å². The minimum Gasteiger partial charge on any atom is -0.324 e. The zero-order valence-electron chi connectivity index (χ0n) is 12.8. The molecule has 0 aliphatic heterocycles. The van der Waals surface area contributed by atoms with Gasteiger partial charge in [-0.05, 0) is 32.9 Å². The minimum atomic E-state index is -0.0127. The average Bonchev–Trinajstić information content (AvgIpc) is 2.25. The monoisotopic (exact) mass is 243 g/mol. The molecular formula is C14H33N3. The maximum Gasteiger partial charge on any atom is 0.0278 e. The number of hydrogen-bond acceptors (Lipinski definition) is 3. The summed E-state index contributed by atoms with van der Waals surface area (Å²) >= 11 is 0. The van der Waals surface area contributed by atoms with E-state index in [1.807, 2.05) is 0 Å². The first kappa shape index (κ1) is 16.9. The molecule has 0 bridgehead atoms. The minimum absolute atomic E-state index is 0.0127. The quantitative estimate of drug-likeness (QED) is 0.672. The van der Waals surface area contributed by atoms with Gasteiger partial charge in [-0.3, -0.25) is 4.90 Å². The van der Waals surface area contributed by atoms with Gasteiger partial charge in [0.2, 0.25) is 0 Å². The van der Waals surface area contributed by atoms with Crippen LogP contribution >= 0.6 is 0 Å². The first-order valence-corrected chi connectivity index (χ1v) is 6.99. The Morgan fingerprint density at radius 1 is 1.06 bits per heavy atom. The van der Waals surface area contributed by atoms with Gasteiger partial charge in [-0.1, -0.05) is 27.7 Å². The summed E-state index contributed by atoms with van der Waals surface area (Å²) in [7, 11) is 4.26. The molecule has 3 nitrogen and oxygen atoms in total. The van der Waals surface area contributed by atoms with Crippen LogP contribution in [0, 0.1) is 5.92 Å². The van der Waals surface area contributed by atoms with E-state index < -0.39 is 0 Å². The number of hydrogen-bond donors (Lipinski definition) is 1. The Labute approximate surface area is 108 Å². The summed E-state index contributed by atoms with van der Waals surface area (Å²) in [5.74, 6) is 0.704. The van der Waals surface area contributed by atoms with Crippen LogP contribution in [0.1, 0.15) is 40.5 Å². The van der Waals surface area contributed by atoms with E-state index in [2.05, 4.69) is 51.6 Å².